The van der Waals surface area contributed by atoms with Crippen LogP contribution in [0, 0.1) is 5.92 Å². The van der Waals surface area contributed by atoms with Crippen LogP contribution in [0.25, 0.3) is 10.9 Å². The Morgan fingerprint density at radius 2 is 2.33 bits per heavy atom. The van der Waals surface area contributed by atoms with Gasteiger partial charge in [-0.1, -0.05) is 19.1 Å². The number of likely N-dealkylation sites (tertiary alicyclic amines) is 1. The summed E-state index contributed by atoms with van der Waals surface area (Å²) in [4.78, 5) is 16.7. The third-order valence-corrected chi connectivity index (χ3v) is 5.62. The van der Waals surface area contributed by atoms with Gasteiger partial charge in [0.1, 0.15) is 0 Å². The van der Waals surface area contributed by atoms with E-state index >= 15 is 0 Å². The monoisotopic (exact) mass is 328 g/mol. The van der Waals surface area contributed by atoms with Crippen molar-refractivity contribution in [1.82, 2.24) is 9.88 Å². The number of hydrogen-bond donors (Lipinski definition) is 2. The van der Waals surface area contributed by atoms with Crippen LogP contribution in [0.5, 0.6) is 0 Å². The number of piperidine rings is 1. The van der Waals surface area contributed by atoms with E-state index < -0.39 is 6.16 Å². The number of benzene rings is 1. The molecule has 2 aromatic rings. The molecule has 1 aliphatic carbocycles. The first kappa shape index (κ1) is 15.5. The molecule has 1 saturated heterocycles. The summed E-state index contributed by atoms with van der Waals surface area (Å²) >= 11 is 0. The summed E-state index contributed by atoms with van der Waals surface area (Å²) in [5.41, 5.74) is 4.05. The summed E-state index contributed by atoms with van der Waals surface area (Å²) < 4.78 is 4.90. The zero-order chi connectivity index (χ0) is 16.7. The molecule has 3 unspecified atom stereocenters. The van der Waals surface area contributed by atoms with E-state index in [1.807, 2.05) is 0 Å². The number of aromatic amines is 1. The molecule has 0 saturated carbocycles. The third-order valence-electron chi connectivity index (χ3n) is 5.62. The van der Waals surface area contributed by atoms with Crippen LogP contribution >= 0.6 is 0 Å². The number of fused-ring (bicyclic) bond motifs is 2. The maximum absolute atomic E-state index is 10.8. The molecule has 0 spiro atoms. The molecule has 24 heavy (non-hydrogen) atoms. The van der Waals surface area contributed by atoms with Crippen LogP contribution in [0.4, 0.5) is 4.79 Å². The zero-order valence-electron chi connectivity index (χ0n) is 14.0. The first-order chi connectivity index (χ1) is 11.7. The van der Waals surface area contributed by atoms with Gasteiger partial charge in [-0.15, -0.1) is 0 Å². The van der Waals surface area contributed by atoms with Gasteiger partial charge in [-0.05, 0) is 43.0 Å². The molecule has 2 aliphatic rings. The summed E-state index contributed by atoms with van der Waals surface area (Å²) in [6.45, 7) is 4.49. The summed E-state index contributed by atoms with van der Waals surface area (Å²) in [6.07, 6.45) is 4.18. The predicted octanol–water partition coefficient (Wildman–Crippen LogP) is 3.60. The lowest BCUT2D eigenvalue weighted by molar-refractivity contribution is 0.0307. The fraction of sp³-hybridized carbons (Fsp3) is 0.526. The van der Waals surface area contributed by atoms with Crippen LogP contribution in [-0.4, -0.2) is 46.9 Å². The van der Waals surface area contributed by atoms with Gasteiger partial charge in [-0.2, -0.15) is 0 Å². The SMILES string of the molecule is CCCN1CC(COC(=O)O)CC2c3cccc4[nH]cc(c34)CC21. The van der Waals surface area contributed by atoms with Gasteiger partial charge < -0.3 is 14.8 Å². The number of nitrogens with one attached hydrogen (secondary N) is 1. The molecule has 1 aromatic carbocycles. The second-order valence-corrected chi connectivity index (χ2v) is 7.14. The number of H-pyrrole nitrogens is 1. The molecule has 4 rings (SSSR count). The van der Waals surface area contributed by atoms with Crippen molar-refractivity contribution in [1.29, 1.82) is 0 Å². The average molecular weight is 328 g/mol. The summed E-state index contributed by atoms with van der Waals surface area (Å²) in [7, 11) is 0. The van der Waals surface area contributed by atoms with E-state index in [2.05, 4.69) is 41.2 Å². The van der Waals surface area contributed by atoms with E-state index in [1.54, 1.807) is 0 Å². The van der Waals surface area contributed by atoms with E-state index in [1.165, 1.54) is 22.0 Å². The second-order valence-electron chi connectivity index (χ2n) is 7.14. The molecule has 2 N–H and O–H groups in total. The van der Waals surface area contributed by atoms with Crippen molar-refractivity contribution in [3.05, 3.63) is 35.5 Å². The minimum absolute atomic E-state index is 0.268. The highest BCUT2D eigenvalue weighted by Crippen LogP contribution is 2.44. The van der Waals surface area contributed by atoms with Crippen LogP contribution in [0.1, 0.15) is 36.8 Å². The van der Waals surface area contributed by atoms with Crippen molar-refractivity contribution in [3.8, 4) is 0 Å². The Bertz CT molecular complexity index is 754. The molecule has 1 aliphatic heterocycles. The smallest absolute Gasteiger partial charge is 0.450 e. The molecular formula is C19H24N2O3. The van der Waals surface area contributed by atoms with Crippen LogP contribution < -0.4 is 0 Å². The second kappa shape index (κ2) is 6.13. The van der Waals surface area contributed by atoms with Crippen LogP contribution in [0.2, 0.25) is 0 Å². The van der Waals surface area contributed by atoms with Gasteiger partial charge in [0.05, 0.1) is 6.61 Å². The number of ether oxygens (including phenoxy) is 1. The van der Waals surface area contributed by atoms with Crippen molar-refractivity contribution >= 4 is 17.1 Å². The Morgan fingerprint density at radius 1 is 1.46 bits per heavy atom. The number of carbonyl (C=O) groups is 1. The molecule has 1 aromatic heterocycles. The number of hydrogen-bond acceptors (Lipinski definition) is 3. The van der Waals surface area contributed by atoms with Crippen LogP contribution in [0.3, 0.4) is 0 Å². The molecule has 5 nitrogen and oxygen atoms in total. The van der Waals surface area contributed by atoms with E-state index in [0.29, 0.717) is 18.6 Å². The largest absolute Gasteiger partial charge is 0.505 e. The maximum atomic E-state index is 10.8. The number of nitrogens with zero attached hydrogens (tertiary/aromatic N) is 1. The third kappa shape index (κ3) is 2.57. The molecule has 3 atom stereocenters. The summed E-state index contributed by atoms with van der Waals surface area (Å²) in [5, 5.41) is 10.2. The standard InChI is InChI=1S/C19H24N2O3/c1-2-6-21-10-12(11-24-19(22)23)7-15-14-4-3-5-16-18(14)13(9-20-16)8-17(15)21/h3-5,9,12,15,17,20H,2,6-8,10-11H2,1H3,(H,22,23). The van der Waals surface area contributed by atoms with Crippen molar-refractivity contribution in [2.45, 2.75) is 38.1 Å². The Kier molecular flexibility index (Phi) is 3.96. The van der Waals surface area contributed by atoms with E-state index in [4.69, 9.17) is 9.84 Å². The van der Waals surface area contributed by atoms with Gasteiger partial charge in [-0.25, -0.2) is 4.79 Å². The molecule has 0 radical (unpaired) electrons. The average Bonchev–Trinajstić information content (AvgIpc) is 2.99. The van der Waals surface area contributed by atoms with Gasteiger partial charge in [0.15, 0.2) is 0 Å². The first-order valence-electron chi connectivity index (χ1n) is 8.86. The molecule has 1 fully saturated rings. The Balaban J connectivity index is 1.68. The molecule has 0 bridgehead atoms. The van der Waals surface area contributed by atoms with Crippen LogP contribution in [-0.2, 0) is 11.2 Å². The number of rotatable bonds is 4. The molecule has 2 heterocycles. The van der Waals surface area contributed by atoms with Crippen molar-refractivity contribution < 1.29 is 14.6 Å². The molecule has 0 amide bonds. The molecular weight excluding hydrogens is 304 g/mol. The highest BCUT2D eigenvalue weighted by Gasteiger charge is 2.40. The van der Waals surface area contributed by atoms with E-state index in [-0.39, 0.29) is 5.92 Å². The topological polar surface area (TPSA) is 65.6 Å². The minimum Gasteiger partial charge on any atom is -0.450 e. The zero-order valence-corrected chi connectivity index (χ0v) is 14.0. The Hall–Kier alpha value is -2.01. The lowest BCUT2D eigenvalue weighted by Crippen LogP contribution is -2.51. The number of aromatic nitrogens is 1. The first-order valence-corrected chi connectivity index (χ1v) is 8.86. The summed E-state index contributed by atoms with van der Waals surface area (Å²) in [6, 6.07) is 7.03. The Morgan fingerprint density at radius 3 is 3.12 bits per heavy atom. The normalized spacial score (nSPS) is 26.3. The molecule has 128 valence electrons. The summed E-state index contributed by atoms with van der Waals surface area (Å²) in [5.74, 6) is 0.726. The minimum atomic E-state index is -1.17. The fourth-order valence-electron chi connectivity index (χ4n) is 4.75. The van der Waals surface area contributed by atoms with E-state index in [0.717, 1.165) is 32.4 Å². The Labute approximate surface area is 141 Å². The van der Waals surface area contributed by atoms with Crippen LogP contribution in [0.15, 0.2) is 24.4 Å². The van der Waals surface area contributed by atoms with E-state index in [9.17, 15) is 4.79 Å². The van der Waals surface area contributed by atoms with Crippen molar-refractivity contribution in [2.24, 2.45) is 5.92 Å². The van der Waals surface area contributed by atoms with Gasteiger partial charge >= 0.3 is 6.16 Å². The highest BCUT2D eigenvalue weighted by molar-refractivity contribution is 5.88. The highest BCUT2D eigenvalue weighted by atomic mass is 16.7. The predicted molar refractivity (Wildman–Crippen MR) is 92.5 cm³/mol. The quantitative estimate of drug-likeness (QED) is 0.842. The van der Waals surface area contributed by atoms with Gasteiger partial charge in [0.25, 0.3) is 0 Å². The van der Waals surface area contributed by atoms with Crippen molar-refractivity contribution in [2.75, 3.05) is 19.7 Å². The van der Waals surface area contributed by atoms with Gasteiger partial charge in [0.2, 0.25) is 0 Å². The van der Waals surface area contributed by atoms with Gasteiger partial charge in [-0.3, -0.25) is 4.90 Å². The number of carboxylic acid groups (broad SMARTS) is 1. The lowest BCUT2D eigenvalue weighted by atomic mass is 9.72. The van der Waals surface area contributed by atoms with Gasteiger partial charge in [0, 0.05) is 41.5 Å². The van der Waals surface area contributed by atoms with Crippen molar-refractivity contribution in [3.63, 3.8) is 0 Å². The lowest BCUT2D eigenvalue weighted by Gasteiger charge is -2.47. The molecule has 5 heteroatoms. The fourth-order valence-corrected chi connectivity index (χ4v) is 4.75. The maximum Gasteiger partial charge on any atom is 0.505 e.